The third kappa shape index (κ3) is 5.76. The van der Waals surface area contributed by atoms with Crippen LogP contribution in [0.1, 0.15) is 52.1 Å². The van der Waals surface area contributed by atoms with Crippen molar-refractivity contribution in [2.24, 2.45) is 0 Å². The second-order valence-corrected chi connectivity index (χ2v) is 10.2. The van der Waals surface area contributed by atoms with Gasteiger partial charge >= 0.3 is 5.97 Å². The third-order valence-electron chi connectivity index (χ3n) is 6.59. The molecule has 1 atom stereocenters. The smallest absolute Gasteiger partial charge is 0.331 e. The van der Waals surface area contributed by atoms with Crippen molar-refractivity contribution in [3.63, 3.8) is 0 Å². The molecule has 1 unspecified atom stereocenters. The third-order valence-corrected chi connectivity index (χ3v) is 7.72. The molecule has 9 nitrogen and oxygen atoms in total. The first-order valence-corrected chi connectivity index (χ1v) is 13.5. The van der Waals surface area contributed by atoms with Crippen LogP contribution in [0, 0.1) is 0 Å². The molecule has 0 saturated carbocycles. The normalized spacial score (nSPS) is 18.7. The van der Waals surface area contributed by atoms with Crippen molar-refractivity contribution in [2.75, 3.05) is 20.8 Å². The molecule has 10 heteroatoms. The van der Waals surface area contributed by atoms with Crippen molar-refractivity contribution < 1.29 is 33.3 Å². The fourth-order valence-electron chi connectivity index (χ4n) is 4.71. The molecule has 0 bridgehead atoms. The summed E-state index contributed by atoms with van der Waals surface area (Å²) in [4.78, 5) is 33.6. The summed E-state index contributed by atoms with van der Waals surface area (Å²) in [5.41, 5.74) is 2.63. The minimum atomic E-state index is -1.10. The van der Waals surface area contributed by atoms with Crippen LogP contribution in [0.5, 0.6) is 11.5 Å². The number of esters is 1. The molecule has 1 aromatic heterocycles. The van der Waals surface area contributed by atoms with Crippen LogP contribution in [0.25, 0.3) is 5.76 Å². The van der Waals surface area contributed by atoms with E-state index in [1.54, 1.807) is 38.4 Å². The number of aromatic nitrogens is 1. The van der Waals surface area contributed by atoms with Gasteiger partial charge in [-0.2, -0.15) is 0 Å². The fraction of sp³-hybridized carbons (Fsp3) is 0.345. The maximum absolute atomic E-state index is 13.7. The van der Waals surface area contributed by atoms with E-state index in [-0.39, 0.29) is 25.5 Å². The number of ether oxygens (including phenoxy) is 5. The standard InChI is InChI=1S/C29H30N2O7S/c1-4-37-29(33)25-26(32)27-22(15-31(25)14-19-10-11-20(34-2)13-23(19)35-3)30-28(39-27)24-17-36-16-21(38-24)12-18-8-6-5-7-9-18/h5-6,8,10-11,13,16-17,25H,4,7,9,12,14-15H2,1-3H3. The molecule has 2 aromatic rings. The maximum Gasteiger partial charge on any atom is 0.331 e. The number of carbonyl (C=O) groups excluding carboxylic acids is 2. The second kappa shape index (κ2) is 11.9. The first kappa shape index (κ1) is 26.7. The predicted molar refractivity (Wildman–Crippen MR) is 145 cm³/mol. The van der Waals surface area contributed by atoms with Crippen LogP contribution >= 0.6 is 11.3 Å². The van der Waals surface area contributed by atoms with Crippen molar-refractivity contribution in [3.05, 3.63) is 81.4 Å². The topological polar surface area (TPSA) is 96.4 Å². The van der Waals surface area contributed by atoms with Crippen LogP contribution in [0.2, 0.25) is 0 Å². The Balaban J connectivity index is 1.40. The molecule has 5 rings (SSSR count). The van der Waals surface area contributed by atoms with E-state index in [2.05, 4.69) is 12.2 Å². The highest BCUT2D eigenvalue weighted by atomic mass is 32.1. The summed E-state index contributed by atoms with van der Waals surface area (Å²) in [7, 11) is 3.15. The molecule has 0 spiro atoms. The van der Waals surface area contributed by atoms with E-state index in [1.807, 2.05) is 18.2 Å². The summed E-state index contributed by atoms with van der Waals surface area (Å²) in [5.74, 6) is 1.40. The highest BCUT2D eigenvalue weighted by molar-refractivity contribution is 7.15. The number of nitrogens with zero attached hydrogens (tertiary/aromatic N) is 2. The number of benzene rings is 1. The van der Waals surface area contributed by atoms with Gasteiger partial charge in [-0.15, -0.1) is 11.3 Å². The largest absolute Gasteiger partial charge is 0.497 e. The molecule has 1 aromatic carbocycles. The van der Waals surface area contributed by atoms with Gasteiger partial charge in [0.1, 0.15) is 29.8 Å². The summed E-state index contributed by atoms with van der Waals surface area (Å²) in [6.07, 6.45) is 12.0. The molecular weight excluding hydrogens is 520 g/mol. The van der Waals surface area contributed by atoms with E-state index in [9.17, 15) is 9.59 Å². The van der Waals surface area contributed by atoms with Crippen molar-refractivity contribution in [3.8, 4) is 11.5 Å². The summed E-state index contributed by atoms with van der Waals surface area (Å²) < 4.78 is 27.8. The van der Waals surface area contributed by atoms with Gasteiger partial charge in [-0.05, 0) is 25.8 Å². The first-order valence-electron chi connectivity index (χ1n) is 12.7. The van der Waals surface area contributed by atoms with Crippen LogP contribution in [-0.4, -0.2) is 48.5 Å². The zero-order valence-corrected chi connectivity index (χ0v) is 22.9. The van der Waals surface area contributed by atoms with E-state index in [1.165, 1.54) is 23.2 Å². The molecule has 3 aliphatic rings. The highest BCUT2D eigenvalue weighted by Gasteiger charge is 2.42. The Labute approximate surface area is 231 Å². The molecule has 1 aliphatic carbocycles. The number of allylic oxidation sites excluding steroid dienone is 4. The molecule has 0 fully saturated rings. The van der Waals surface area contributed by atoms with Gasteiger partial charge in [0.05, 0.1) is 31.4 Å². The monoisotopic (exact) mass is 550 g/mol. The summed E-state index contributed by atoms with van der Waals surface area (Å²) >= 11 is 1.20. The Hall–Kier alpha value is -3.89. The zero-order valence-electron chi connectivity index (χ0n) is 22.1. The van der Waals surface area contributed by atoms with Crippen molar-refractivity contribution >= 4 is 28.8 Å². The Kier molecular flexibility index (Phi) is 8.13. The number of hydrogen-bond donors (Lipinski definition) is 0. The van der Waals surface area contributed by atoms with Gasteiger partial charge in [-0.1, -0.05) is 29.9 Å². The van der Waals surface area contributed by atoms with Crippen molar-refractivity contribution in [2.45, 2.75) is 45.3 Å². The number of fused-ring (bicyclic) bond motifs is 1. The lowest BCUT2D eigenvalue weighted by Gasteiger charge is -2.32. The van der Waals surface area contributed by atoms with Crippen molar-refractivity contribution in [1.29, 1.82) is 0 Å². The lowest BCUT2D eigenvalue weighted by atomic mass is 10.0. The number of methoxy groups -OCH3 is 2. The second-order valence-electron chi connectivity index (χ2n) is 9.17. The number of hydrogen-bond acceptors (Lipinski definition) is 10. The minimum absolute atomic E-state index is 0.169. The van der Waals surface area contributed by atoms with Gasteiger partial charge in [0.2, 0.25) is 5.78 Å². The van der Waals surface area contributed by atoms with Gasteiger partial charge in [0.15, 0.2) is 16.8 Å². The summed E-state index contributed by atoms with van der Waals surface area (Å²) in [5, 5.41) is 0.517. The fourth-order valence-corrected chi connectivity index (χ4v) is 5.69. The average molecular weight is 551 g/mol. The average Bonchev–Trinajstić information content (AvgIpc) is 3.39. The molecule has 0 saturated heterocycles. The van der Waals surface area contributed by atoms with E-state index in [4.69, 9.17) is 28.7 Å². The number of rotatable bonds is 9. The molecular formula is C29H30N2O7S. The highest BCUT2D eigenvalue weighted by Crippen LogP contribution is 2.36. The van der Waals surface area contributed by atoms with Crippen LogP contribution in [-0.2, 0) is 32.1 Å². The maximum atomic E-state index is 13.7. The van der Waals surface area contributed by atoms with Crippen LogP contribution in [0.3, 0.4) is 0 Å². The molecule has 0 amide bonds. The molecule has 204 valence electrons. The zero-order chi connectivity index (χ0) is 27.4. The lowest BCUT2D eigenvalue weighted by molar-refractivity contribution is -0.148. The number of carbonyl (C=O) groups is 2. The lowest BCUT2D eigenvalue weighted by Crippen LogP contribution is -2.49. The molecule has 0 N–H and O–H groups in total. The first-order chi connectivity index (χ1) is 19.0. The Morgan fingerprint density at radius 1 is 1.23 bits per heavy atom. The van der Waals surface area contributed by atoms with Gasteiger partial charge in [-0.3, -0.25) is 9.69 Å². The summed E-state index contributed by atoms with van der Waals surface area (Å²) in [6.45, 7) is 2.43. The Bertz CT molecular complexity index is 1390. The van der Waals surface area contributed by atoms with Crippen molar-refractivity contribution in [1.82, 2.24) is 9.88 Å². The van der Waals surface area contributed by atoms with Crippen LogP contribution < -0.4 is 9.47 Å². The van der Waals surface area contributed by atoms with E-state index >= 15 is 0 Å². The summed E-state index contributed by atoms with van der Waals surface area (Å²) in [6, 6.07) is 4.34. The molecule has 2 aliphatic heterocycles. The van der Waals surface area contributed by atoms with Gasteiger partial charge in [0, 0.05) is 31.1 Å². The Morgan fingerprint density at radius 2 is 2.10 bits per heavy atom. The van der Waals surface area contributed by atoms with E-state index in [0.29, 0.717) is 45.0 Å². The quantitative estimate of drug-likeness (QED) is 0.310. The molecule has 39 heavy (non-hydrogen) atoms. The predicted octanol–water partition coefficient (Wildman–Crippen LogP) is 5.14. The van der Waals surface area contributed by atoms with Gasteiger partial charge in [0.25, 0.3) is 0 Å². The van der Waals surface area contributed by atoms with Crippen LogP contribution in [0.15, 0.2) is 60.3 Å². The number of ketones is 1. The SMILES string of the molecule is CCOC(=O)C1C(=O)c2sc(C3=COC=C(CC4=CC=CCC4)O3)nc2CN1Cc1ccc(OC)cc1OC. The molecule has 3 heterocycles. The number of thiazole rings is 1. The molecule has 0 radical (unpaired) electrons. The van der Waals surface area contributed by atoms with E-state index in [0.717, 1.165) is 18.4 Å². The van der Waals surface area contributed by atoms with Gasteiger partial charge < -0.3 is 23.7 Å². The number of Topliss-reactive ketones (excluding diaryl/α,β-unsaturated/α-hetero) is 1. The Morgan fingerprint density at radius 3 is 2.85 bits per heavy atom. The minimum Gasteiger partial charge on any atom is -0.497 e. The van der Waals surface area contributed by atoms with Crippen LogP contribution in [0.4, 0.5) is 0 Å². The van der Waals surface area contributed by atoms with Gasteiger partial charge in [-0.25, -0.2) is 9.78 Å². The van der Waals surface area contributed by atoms with E-state index < -0.39 is 12.0 Å².